The molecular weight excluding hydrogens is 296 g/mol. The summed E-state index contributed by atoms with van der Waals surface area (Å²) in [5.41, 5.74) is 1.48. The molecule has 0 saturated heterocycles. The Labute approximate surface area is 132 Å². The lowest BCUT2D eigenvalue weighted by molar-refractivity contribution is 0.249. The molecule has 0 bridgehead atoms. The number of carbonyl (C=O) groups is 1. The molecule has 3 aromatic heterocycles. The number of nitrogens with zero attached hydrogens (tertiary/aromatic N) is 6. The molecule has 3 aromatic rings. The molecule has 0 aliphatic rings. The van der Waals surface area contributed by atoms with Gasteiger partial charge in [0.2, 0.25) is 5.95 Å². The lowest BCUT2D eigenvalue weighted by atomic mass is 10.2. The van der Waals surface area contributed by atoms with Crippen LogP contribution in [0, 0.1) is 0 Å². The molecule has 0 aliphatic heterocycles. The molecule has 23 heavy (non-hydrogen) atoms. The Balaban J connectivity index is 1.61. The van der Waals surface area contributed by atoms with Gasteiger partial charge in [-0.3, -0.25) is 4.68 Å². The van der Waals surface area contributed by atoms with Gasteiger partial charge in [-0.05, 0) is 13.0 Å². The Morgan fingerprint density at radius 1 is 1.17 bits per heavy atom. The summed E-state index contributed by atoms with van der Waals surface area (Å²) in [4.78, 5) is 20.2. The molecule has 2 N–H and O–H groups in total. The van der Waals surface area contributed by atoms with Gasteiger partial charge in [-0.1, -0.05) is 0 Å². The largest absolute Gasteiger partial charge is 0.331 e. The van der Waals surface area contributed by atoms with E-state index in [9.17, 15) is 4.79 Å². The fourth-order valence-electron chi connectivity index (χ4n) is 2.02. The van der Waals surface area contributed by atoms with E-state index in [-0.39, 0.29) is 12.1 Å². The van der Waals surface area contributed by atoms with E-state index in [2.05, 4.69) is 30.8 Å². The average molecular weight is 312 g/mol. The second-order valence-electron chi connectivity index (χ2n) is 4.99. The second-order valence-corrected chi connectivity index (χ2v) is 4.99. The van der Waals surface area contributed by atoms with E-state index in [1.807, 2.05) is 20.2 Å². The van der Waals surface area contributed by atoms with Gasteiger partial charge >= 0.3 is 6.03 Å². The van der Waals surface area contributed by atoms with Crippen molar-refractivity contribution in [1.29, 1.82) is 0 Å². The molecule has 0 fully saturated rings. The Morgan fingerprint density at radius 3 is 2.65 bits per heavy atom. The summed E-state index contributed by atoms with van der Waals surface area (Å²) in [6.45, 7) is 1.89. The molecule has 9 heteroatoms. The smallest absolute Gasteiger partial charge is 0.319 e. The van der Waals surface area contributed by atoms with E-state index in [1.165, 1.54) is 10.9 Å². The molecule has 0 saturated carbocycles. The van der Waals surface area contributed by atoms with E-state index < -0.39 is 0 Å². The zero-order valence-electron chi connectivity index (χ0n) is 12.7. The summed E-state index contributed by atoms with van der Waals surface area (Å²) in [6.07, 6.45) is 10.00. The van der Waals surface area contributed by atoms with Crippen LogP contribution in [0.2, 0.25) is 0 Å². The van der Waals surface area contributed by atoms with Crippen LogP contribution in [0.5, 0.6) is 0 Å². The normalized spacial score (nSPS) is 11.9. The SMILES string of the molecule is C[C@@H](NC(=O)Nc1cnn(-c2ncccn2)c1)c1cnn(C)c1. The molecule has 1 atom stereocenters. The number of aromatic nitrogens is 6. The van der Waals surface area contributed by atoms with E-state index in [0.29, 0.717) is 11.6 Å². The third-order valence-electron chi connectivity index (χ3n) is 3.17. The molecule has 9 nitrogen and oxygen atoms in total. The first-order valence-corrected chi connectivity index (χ1v) is 7.00. The first-order valence-electron chi connectivity index (χ1n) is 7.00. The summed E-state index contributed by atoms with van der Waals surface area (Å²) in [6, 6.07) is 1.24. The monoisotopic (exact) mass is 312 g/mol. The Bertz CT molecular complexity index is 794. The van der Waals surface area contributed by atoms with Crippen molar-refractivity contribution in [3.63, 3.8) is 0 Å². The maximum atomic E-state index is 12.0. The topological polar surface area (TPSA) is 103 Å². The number of amides is 2. The van der Waals surface area contributed by atoms with Crippen molar-refractivity contribution >= 4 is 11.7 Å². The number of carbonyl (C=O) groups excluding carboxylic acids is 1. The number of hydrogen-bond acceptors (Lipinski definition) is 5. The summed E-state index contributed by atoms with van der Waals surface area (Å²) in [5, 5.41) is 13.8. The summed E-state index contributed by atoms with van der Waals surface area (Å²) in [5.74, 6) is 0.435. The molecule has 0 spiro atoms. The standard InChI is InChI=1S/C14H16N8O/c1-10(11-6-17-21(2)8-11)19-14(23)20-12-7-18-22(9-12)13-15-4-3-5-16-13/h3-10H,1-2H3,(H2,19,20,23)/t10-/m1/s1. The number of urea groups is 1. The number of anilines is 1. The molecule has 118 valence electrons. The van der Waals surface area contributed by atoms with Crippen LogP contribution in [0.25, 0.3) is 5.95 Å². The van der Waals surface area contributed by atoms with Gasteiger partial charge < -0.3 is 10.6 Å². The van der Waals surface area contributed by atoms with Crippen molar-refractivity contribution < 1.29 is 4.79 Å². The maximum Gasteiger partial charge on any atom is 0.319 e. The highest BCUT2D eigenvalue weighted by molar-refractivity contribution is 5.89. The number of hydrogen-bond donors (Lipinski definition) is 2. The van der Waals surface area contributed by atoms with E-state index >= 15 is 0 Å². The molecule has 0 unspecified atom stereocenters. The third kappa shape index (κ3) is 3.51. The molecular formula is C14H16N8O. The number of rotatable bonds is 4. The molecule has 0 aliphatic carbocycles. The van der Waals surface area contributed by atoms with Crippen LogP contribution in [0.1, 0.15) is 18.5 Å². The van der Waals surface area contributed by atoms with E-state index in [4.69, 9.17) is 0 Å². The Morgan fingerprint density at radius 2 is 1.96 bits per heavy atom. The predicted octanol–water partition coefficient (Wildman–Crippen LogP) is 1.28. The summed E-state index contributed by atoms with van der Waals surface area (Å²) in [7, 11) is 1.83. The highest BCUT2D eigenvalue weighted by Gasteiger charge is 2.12. The van der Waals surface area contributed by atoms with Crippen molar-refractivity contribution in [2.75, 3.05) is 5.32 Å². The van der Waals surface area contributed by atoms with E-state index in [1.54, 1.807) is 35.5 Å². The highest BCUT2D eigenvalue weighted by Crippen LogP contribution is 2.12. The van der Waals surface area contributed by atoms with Crippen LogP contribution < -0.4 is 10.6 Å². The zero-order valence-corrected chi connectivity index (χ0v) is 12.7. The van der Waals surface area contributed by atoms with Gasteiger partial charge in [-0.15, -0.1) is 0 Å². The average Bonchev–Trinajstić information content (AvgIpc) is 3.17. The van der Waals surface area contributed by atoms with Crippen molar-refractivity contribution in [1.82, 2.24) is 34.8 Å². The minimum absolute atomic E-state index is 0.156. The van der Waals surface area contributed by atoms with Crippen LogP contribution in [0.3, 0.4) is 0 Å². The second kappa shape index (κ2) is 6.26. The number of nitrogens with one attached hydrogen (secondary N) is 2. The Hall–Kier alpha value is -3.23. The van der Waals surface area contributed by atoms with Crippen molar-refractivity contribution in [2.24, 2.45) is 7.05 Å². The van der Waals surface area contributed by atoms with Gasteiger partial charge in [0.25, 0.3) is 0 Å². The Kier molecular flexibility index (Phi) is 4.00. The summed E-state index contributed by atoms with van der Waals surface area (Å²) < 4.78 is 3.18. The predicted molar refractivity (Wildman–Crippen MR) is 82.9 cm³/mol. The van der Waals surface area contributed by atoms with Crippen LogP contribution in [-0.4, -0.2) is 35.6 Å². The quantitative estimate of drug-likeness (QED) is 0.755. The van der Waals surface area contributed by atoms with Crippen molar-refractivity contribution in [3.05, 3.63) is 48.8 Å². The van der Waals surface area contributed by atoms with Gasteiger partial charge in [-0.25, -0.2) is 19.4 Å². The minimum Gasteiger partial charge on any atom is -0.331 e. The van der Waals surface area contributed by atoms with Crippen LogP contribution in [0.15, 0.2) is 43.2 Å². The molecule has 3 rings (SSSR count). The van der Waals surface area contributed by atoms with Gasteiger partial charge in [-0.2, -0.15) is 10.2 Å². The zero-order chi connectivity index (χ0) is 16.2. The van der Waals surface area contributed by atoms with Crippen LogP contribution in [-0.2, 0) is 7.05 Å². The van der Waals surface area contributed by atoms with E-state index in [0.717, 1.165) is 5.56 Å². The lowest BCUT2D eigenvalue weighted by Crippen LogP contribution is -2.30. The van der Waals surface area contributed by atoms with Crippen molar-refractivity contribution in [2.45, 2.75) is 13.0 Å². The first kappa shape index (κ1) is 14.7. The van der Waals surface area contributed by atoms with Crippen LogP contribution in [0.4, 0.5) is 10.5 Å². The maximum absolute atomic E-state index is 12.0. The summed E-state index contributed by atoms with van der Waals surface area (Å²) >= 11 is 0. The lowest BCUT2D eigenvalue weighted by Gasteiger charge is -2.12. The van der Waals surface area contributed by atoms with Gasteiger partial charge in [0.1, 0.15) is 0 Å². The molecule has 0 aromatic carbocycles. The minimum atomic E-state index is -0.324. The van der Waals surface area contributed by atoms with Gasteiger partial charge in [0.15, 0.2) is 0 Å². The fraction of sp³-hybridized carbons (Fsp3) is 0.214. The molecule has 0 radical (unpaired) electrons. The third-order valence-corrected chi connectivity index (χ3v) is 3.17. The van der Waals surface area contributed by atoms with Gasteiger partial charge in [0.05, 0.1) is 30.3 Å². The molecule has 3 heterocycles. The van der Waals surface area contributed by atoms with Crippen LogP contribution >= 0.6 is 0 Å². The fourth-order valence-corrected chi connectivity index (χ4v) is 2.02. The number of aryl methyl sites for hydroxylation is 1. The molecule has 2 amide bonds. The highest BCUT2D eigenvalue weighted by atomic mass is 16.2. The first-order chi connectivity index (χ1) is 11.1. The van der Waals surface area contributed by atoms with Crippen molar-refractivity contribution in [3.8, 4) is 5.95 Å². The van der Waals surface area contributed by atoms with Gasteiger partial charge in [0, 0.05) is 31.2 Å².